The van der Waals surface area contributed by atoms with E-state index in [9.17, 15) is 4.79 Å². The Kier molecular flexibility index (Phi) is 3.03. The van der Waals surface area contributed by atoms with Gasteiger partial charge in [-0.15, -0.1) is 0 Å². The molecule has 100 valence electrons. The Morgan fingerprint density at radius 1 is 1.10 bits per heavy atom. The number of benzene rings is 2. The zero-order chi connectivity index (χ0) is 14.1. The molecular formula is C17H16N2O. The van der Waals surface area contributed by atoms with Crippen molar-refractivity contribution in [3.63, 3.8) is 0 Å². The molecule has 20 heavy (non-hydrogen) atoms. The van der Waals surface area contributed by atoms with Crippen LogP contribution in [0, 0.1) is 0 Å². The molecule has 0 radical (unpaired) electrons. The molecule has 0 saturated heterocycles. The Labute approximate surface area is 117 Å². The molecule has 0 spiro atoms. The van der Waals surface area contributed by atoms with Crippen LogP contribution in [0.4, 0.5) is 5.69 Å². The molecule has 0 atom stereocenters. The highest BCUT2D eigenvalue weighted by Crippen LogP contribution is 2.28. The van der Waals surface area contributed by atoms with Crippen molar-refractivity contribution < 1.29 is 4.79 Å². The highest BCUT2D eigenvalue weighted by atomic mass is 16.1. The summed E-state index contributed by atoms with van der Waals surface area (Å²) < 4.78 is 0. The Bertz CT molecular complexity index is 772. The number of nitrogens with two attached hydrogens (primary N) is 1. The summed E-state index contributed by atoms with van der Waals surface area (Å²) in [5.41, 5.74) is 10.4. The second-order valence-corrected chi connectivity index (χ2v) is 4.97. The van der Waals surface area contributed by atoms with Gasteiger partial charge < -0.3 is 10.7 Å². The number of nitrogens with one attached hydrogen (secondary N) is 1. The lowest BCUT2D eigenvalue weighted by molar-refractivity contribution is 0.101. The van der Waals surface area contributed by atoms with Gasteiger partial charge in [-0.3, -0.25) is 4.79 Å². The maximum absolute atomic E-state index is 12.0. The summed E-state index contributed by atoms with van der Waals surface area (Å²) >= 11 is 0. The van der Waals surface area contributed by atoms with Gasteiger partial charge in [-0.25, -0.2) is 0 Å². The molecule has 3 nitrogen and oxygen atoms in total. The van der Waals surface area contributed by atoms with E-state index in [4.69, 9.17) is 5.73 Å². The fraction of sp³-hybridized carbons (Fsp3) is 0.118. The minimum absolute atomic E-state index is 0.0628. The van der Waals surface area contributed by atoms with E-state index in [0.29, 0.717) is 12.1 Å². The van der Waals surface area contributed by atoms with Crippen molar-refractivity contribution >= 4 is 22.4 Å². The van der Waals surface area contributed by atoms with Crippen LogP contribution in [0.15, 0.2) is 48.5 Å². The van der Waals surface area contributed by atoms with Gasteiger partial charge in [0.2, 0.25) is 0 Å². The van der Waals surface area contributed by atoms with Crippen LogP contribution in [0.1, 0.15) is 28.5 Å². The average Bonchev–Trinajstić information content (AvgIpc) is 2.79. The largest absolute Gasteiger partial charge is 0.397 e. The molecule has 0 fully saturated rings. The van der Waals surface area contributed by atoms with E-state index in [2.05, 4.69) is 17.1 Å². The average molecular weight is 264 g/mol. The third kappa shape index (κ3) is 2.07. The number of hydrogen-bond acceptors (Lipinski definition) is 2. The van der Waals surface area contributed by atoms with E-state index in [-0.39, 0.29) is 5.78 Å². The highest BCUT2D eigenvalue weighted by Gasteiger charge is 2.16. The summed E-state index contributed by atoms with van der Waals surface area (Å²) in [6.45, 7) is 1.60. The molecule has 3 heteroatoms. The van der Waals surface area contributed by atoms with Gasteiger partial charge in [-0.1, -0.05) is 42.5 Å². The minimum atomic E-state index is 0.0628. The standard InChI is InChI=1S/C17H16N2O/c1-11(20)16-13-8-5-9-14(18)17(13)19-15(16)10-12-6-3-2-4-7-12/h2-9,19H,10,18H2,1H3. The Morgan fingerprint density at radius 3 is 2.55 bits per heavy atom. The molecule has 0 aliphatic heterocycles. The normalized spacial score (nSPS) is 10.8. The predicted octanol–water partition coefficient (Wildman–Crippen LogP) is 3.54. The third-order valence-corrected chi connectivity index (χ3v) is 3.52. The van der Waals surface area contributed by atoms with Crippen molar-refractivity contribution in [2.75, 3.05) is 5.73 Å². The Hall–Kier alpha value is -2.55. The number of carbonyl (C=O) groups is 1. The maximum Gasteiger partial charge on any atom is 0.162 e. The molecule has 1 heterocycles. The Morgan fingerprint density at radius 2 is 1.85 bits per heavy atom. The number of anilines is 1. The zero-order valence-electron chi connectivity index (χ0n) is 11.3. The van der Waals surface area contributed by atoms with Crippen molar-refractivity contribution in [1.82, 2.24) is 4.98 Å². The monoisotopic (exact) mass is 264 g/mol. The second-order valence-electron chi connectivity index (χ2n) is 4.97. The van der Waals surface area contributed by atoms with Crippen molar-refractivity contribution in [3.05, 3.63) is 65.4 Å². The molecule has 3 N–H and O–H groups in total. The molecule has 0 amide bonds. The number of rotatable bonds is 3. The first-order valence-electron chi connectivity index (χ1n) is 6.60. The van der Waals surface area contributed by atoms with Crippen LogP contribution in [0.5, 0.6) is 0 Å². The van der Waals surface area contributed by atoms with Crippen molar-refractivity contribution in [1.29, 1.82) is 0 Å². The summed E-state index contributed by atoms with van der Waals surface area (Å²) in [6, 6.07) is 15.8. The fourth-order valence-corrected chi connectivity index (χ4v) is 2.63. The number of carbonyl (C=O) groups excluding carboxylic acids is 1. The van der Waals surface area contributed by atoms with Gasteiger partial charge >= 0.3 is 0 Å². The summed E-state index contributed by atoms with van der Waals surface area (Å²) in [5.74, 6) is 0.0628. The van der Waals surface area contributed by atoms with Gasteiger partial charge in [0.1, 0.15) is 0 Å². The lowest BCUT2D eigenvalue weighted by atomic mass is 10.0. The van der Waals surface area contributed by atoms with Gasteiger partial charge in [0.15, 0.2) is 5.78 Å². The predicted molar refractivity (Wildman–Crippen MR) is 82.0 cm³/mol. The number of H-pyrrole nitrogens is 1. The molecule has 0 aliphatic rings. The summed E-state index contributed by atoms with van der Waals surface area (Å²) in [4.78, 5) is 15.3. The second kappa shape index (κ2) is 4.85. The number of aromatic nitrogens is 1. The van der Waals surface area contributed by atoms with Crippen LogP contribution in [-0.4, -0.2) is 10.8 Å². The van der Waals surface area contributed by atoms with Crippen LogP contribution >= 0.6 is 0 Å². The summed E-state index contributed by atoms with van der Waals surface area (Å²) in [7, 11) is 0. The minimum Gasteiger partial charge on any atom is -0.397 e. The van der Waals surface area contributed by atoms with Gasteiger partial charge in [-0.2, -0.15) is 0 Å². The summed E-state index contributed by atoms with van der Waals surface area (Å²) in [6.07, 6.45) is 0.698. The van der Waals surface area contributed by atoms with E-state index in [0.717, 1.165) is 22.2 Å². The number of para-hydroxylation sites is 1. The molecule has 0 bridgehead atoms. The topological polar surface area (TPSA) is 58.9 Å². The number of ketones is 1. The molecule has 0 unspecified atom stereocenters. The lowest BCUT2D eigenvalue weighted by Crippen LogP contribution is -1.98. The van der Waals surface area contributed by atoms with Crippen molar-refractivity contribution in [3.8, 4) is 0 Å². The van der Waals surface area contributed by atoms with Crippen LogP contribution in [0.25, 0.3) is 10.9 Å². The van der Waals surface area contributed by atoms with E-state index in [1.54, 1.807) is 6.92 Å². The van der Waals surface area contributed by atoms with E-state index >= 15 is 0 Å². The molecule has 3 rings (SSSR count). The number of fused-ring (bicyclic) bond motifs is 1. The van der Waals surface area contributed by atoms with Gasteiger partial charge in [0, 0.05) is 23.1 Å². The highest BCUT2D eigenvalue weighted by molar-refractivity contribution is 6.10. The molecule has 2 aromatic carbocycles. The first-order chi connectivity index (χ1) is 9.66. The Balaban J connectivity index is 2.17. The molecule has 0 aliphatic carbocycles. The maximum atomic E-state index is 12.0. The van der Waals surface area contributed by atoms with Crippen molar-refractivity contribution in [2.45, 2.75) is 13.3 Å². The van der Waals surface area contributed by atoms with Crippen molar-refractivity contribution in [2.24, 2.45) is 0 Å². The number of aromatic amines is 1. The SMILES string of the molecule is CC(=O)c1c(Cc2ccccc2)[nH]c2c(N)cccc12. The smallest absolute Gasteiger partial charge is 0.162 e. The molecular weight excluding hydrogens is 248 g/mol. The lowest BCUT2D eigenvalue weighted by Gasteiger charge is -2.02. The van der Waals surface area contributed by atoms with Gasteiger partial charge in [0.25, 0.3) is 0 Å². The first-order valence-corrected chi connectivity index (χ1v) is 6.60. The number of hydrogen-bond donors (Lipinski definition) is 2. The quantitative estimate of drug-likeness (QED) is 0.561. The third-order valence-electron chi connectivity index (χ3n) is 3.52. The number of Topliss-reactive ketones (excluding diaryl/α,β-unsaturated/α-hetero) is 1. The summed E-state index contributed by atoms with van der Waals surface area (Å²) in [5, 5.41) is 0.906. The van der Waals surface area contributed by atoms with E-state index in [1.807, 2.05) is 36.4 Å². The van der Waals surface area contributed by atoms with Crippen LogP contribution in [0.3, 0.4) is 0 Å². The van der Waals surface area contributed by atoms with Crippen LogP contribution in [0.2, 0.25) is 0 Å². The van der Waals surface area contributed by atoms with E-state index < -0.39 is 0 Å². The molecule has 1 aromatic heterocycles. The van der Waals surface area contributed by atoms with Crippen LogP contribution in [-0.2, 0) is 6.42 Å². The zero-order valence-corrected chi connectivity index (χ0v) is 11.3. The molecule has 0 saturated carbocycles. The molecule has 3 aromatic rings. The van der Waals surface area contributed by atoms with E-state index in [1.165, 1.54) is 5.56 Å². The van der Waals surface area contributed by atoms with Gasteiger partial charge in [0.05, 0.1) is 11.2 Å². The number of nitrogen functional groups attached to an aromatic ring is 1. The van der Waals surface area contributed by atoms with Crippen LogP contribution < -0.4 is 5.73 Å². The first kappa shape index (κ1) is 12.5. The fourth-order valence-electron chi connectivity index (χ4n) is 2.63. The van der Waals surface area contributed by atoms with Gasteiger partial charge in [-0.05, 0) is 18.6 Å².